The van der Waals surface area contributed by atoms with Crippen LogP contribution < -0.4 is 25.8 Å². The van der Waals surface area contributed by atoms with Crippen molar-refractivity contribution in [3.05, 3.63) is 66.1 Å². The highest BCUT2D eigenvalue weighted by Crippen LogP contribution is 2.49. The molecule has 2 saturated carbocycles. The summed E-state index contributed by atoms with van der Waals surface area (Å²) in [5.41, 5.74) is 10.6. The molecule has 1 amide bonds. The first kappa shape index (κ1) is 37.9. The van der Waals surface area contributed by atoms with E-state index in [1.54, 1.807) is 20.5 Å². The van der Waals surface area contributed by atoms with E-state index >= 15 is 0 Å². The first-order valence-electron chi connectivity index (χ1n) is 19.2. The number of nitrogens with one attached hydrogen (secondary N) is 2. The second-order valence-corrected chi connectivity index (χ2v) is 16.9. The van der Waals surface area contributed by atoms with Crippen LogP contribution in [-0.2, 0) is 26.2 Å². The van der Waals surface area contributed by atoms with Gasteiger partial charge in [0.2, 0.25) is 5.91 Å². The highest BCUT2D eigenvalue weighted by Gasteiger charge is 2.55. The van der Waals surface area contributed by atoms with Crippen molar-refractivity contribution in [3.63, 3.8) is 0 Å². The number of carbonyl (C=O) groups excluding carboxylic acids is 1. The molecule has 12 heteroatoms. The number of hydrogen-bond donors (Lipinski definition) is 3. The summed E-state index contributed by atoms with van der Waals surface area (Å²) in [6.07, 6.45) is 8.12. The molecule has 3 fully saturated rings. The number of carbonyl (C=O) groups is 1. The zero-order valence-corrected chi connectivity index (χ0v) is 33.0. The molecule has 12 nitrogen and oxygen atoms in total. The SMILES string of the molecule is COc1ccc(CNc2ncnc3c2ccn3[C@@H]2C[C@H](CN(C)[C@H]3C[C@H](CCC(=O)Nc4ccc(C(C)(C)C)cc4N)C3)[C@H]3OC(C)(C)O[C@H]32)c(OC)c1. The van der Waals surface area contributed by atoms with Gasteiger partial charge in [0.15, 0.2) is 5.79 Å². The molecule has 3 aliphatic rings. The second-order valence-electron chi connectivity index (χ2n) is 16.9. The molecule has 4 aromatic rings. The Morgan fingerprint density at radius 3 is 2.54 bits per heavy atom. The van der Waals surface area contributed by atoms with Crippen molar-refractivity contribution in [3.8, 4) is 11.5 Å². The third kappa shape index (κ3) is 7.87. The number of nitrogen functional groups attached to an aromatic ring is 1. The number of ether oxygens (including phenoxy) is 4. The molecule has 290 valence electrons. The van der Waals surface area contributed by atoms with Crippen LogP contribution in [0.5, 0.6) is 11.5 Å². The molecule has 54 heavy (non-hydrogen) atoms. The number of nitrogens with two attached hydrogens (primary N) is 1. The number of benzene rings is 2. The molecule has 1 aliphatic heterocycles. The van der Waals surface area contributed by atoms with Gasteiger partial charge >= 0.3 is 0 Å². The Bertz CT molecular complexity index is 1970. The van der Waals surface area contributed by atoms with Gasteiger partial charge in [0, 0.05) is 49.3 Å². The van der Waals surface area contributed by atoms with E-state index in [-0.39, 0.29) is 29.6 Å². The summed E-state index contributed by atoms with van der Waals surface area (Å²) in [7, 11) is 5.54. The standard InChI is InChI=1S/C42H57N7O5/c1-41(2,3)28-11-13-33(32(43)20-28)47-36(50)14-9-25-17-29(18-25)48(6)23-27-19-34(38-37(27)53-42(4,5)54-38)49-16-15-31-39(45-24-46-40(31)49)44-22-26-10-12-30(51-7)21-35(26)52-8/h10-13,15-16,20-21,24-25,27,29,34,37-38H,9,14,17-19,22-23,43H2,1-8H3,(H,47,50)(H,44,45,46)/t25-,27-,29-,34-,37-,38+/m1/s1. The van der Waals surface area contributed by atoms with Crippen molar-refractivity contribution in [2.75, 3.05) is 44.2 Å². The Hall–Kier alpha value is -4.39. The highest BCUT2D eigenvalue weighted by molar-refractivity contribution is 5.94. The summed E-state index contributed by atoms with van der Waals surface area (Å²) in [4.78, 5) is 24.7. The summed E-state index contributed by atoms with van der Waals surface area (Å²) in [5.74, 6) is 2.47. The van der Waals surface area contributed by atoms with Gasteiger partial charge in [-0.25, -0.2) is 9.97 Å². The van der Waals surface area contributed by atoms with Crippen LogP contribution in [0.25, 0.3) is 11.0 Å². The Balaban J connectivity index is 0.952. The first-order valence-corrected chi connectivity index (χ1v) is 19.2. The van der Waals surface area contributed by atoms with Crippen molar-refractivity contribution < 1.29 is 23.7 Å². The summed E-state index contributed by atoms with van der Waals surface area (Å²) in [6.45, 7) is 11.9. The van der Waals surface area contributed by atoms with Crippen molar-refractivity contribution in [2.24, 2.45) is 11.8 Å². The Morgan fingerprint density at radius 1 is 1.04 bits per heavy atom. The number of fused-ring (bicyclic) bond motifs is 2. The largest absolute Gasteiger partial charge is 0.497 e. The van der Waals surface area contributed by atoms with Crippen molar-refractivity contribution in [2.45, 2.75) is 109 Å². The van der Waals surface area contributed by atoms with Crippen LogP contribution in [0.3, 0.4) is 0 Å². The highest BCUT2D eigenvalue weighted by atomic mass is 16.8. The Labute approximate surface area is 319 Å². The summed E-state index contributed by atoms with van der Waals surface area (Å²) < 4.78 is 26.4. The lowest BCUT2D eigenvalue weighted by molar-refractivity contribution is -0.161. The maximum absolute atomic E-state index is 12.8. The quantitative estimate of drug-likeness (QED) is 0.121. The average Bonchev–Trinajstić information content (AvgIpc) is 3.78. The number of rotatable bonds is 13. The fourth-order valence-electron chi connectivity index (χ4n) is 8.57. The van der Waals surface area contributed by atoms with Gasteiger partial charge in [-0.3, -0.25) is 4.79 Å². The summed E-state index contributed by atoms with van der Waals surface area (Å²) in [5, 5.41) is 7.49. The molecule has 4 N–H and O–H groups in total. The van der Waals surface area contributed by atoms with Crippen LogP contribution in [0.15, 0.2) is 55.0 Å². The van der Waals surface area contributed by atoms with Crippen molar-refractivity contribution in [1.29, 1.82) is 0 Å². The van der Waals surface area contributed by atoms with Gasteiger partial charge in [-0.15, -0.1) is 0 Å². The number of nitrogens with zero attached hydrogens (tertiary/aromatic N) is 4. The fraction of sp³-hybridized carbons (Fsp3) is 0.548. The van der Waals surface area contributed by atoms with Crippen LogP contribution in [0.4, 0.5) is 17.2 Å². The molecular weight excluding hydrogens is 683 g/mol. The zero-order chi connectivity index (χ0) is 38.4. The van der Waals surface area contributed by atoms with Crippen LogP contribution in [0, 0.1) is 11.8 Å². The summed E-state index contributed by atoms with van der Waals surface area (Å²) in [6, 6.07) is 14.4. The van der Waals surface area contributed by atoms with E-state index in [9.17, 15) is 4.79 Å². The zero-order valence-electron chi connectivity index (χ0n) is 33.0. The van der Waals surface area contributed by atoms with Crippen molar-refractivity contribution >= 4 is 34.1 Å². The predicted octanol–water partition coefficient (Wildman–Crippen LogP) is 7.15. The minimum absolute atomic E-state index is 0.00515. The minimum Gasteiger partial charge on any atom is -0.497 e. The third-order valence-electron chi connectivity index (χ3n) is 11.7. The summed E-state index contributed by atoms with van der Waals surface area (Å²) >= 11 is 0. The second kappa shape index (κ2) is 15.0. The molecule has 4 atom stereocenters. The van der Waals surface area contributed by atoms with Gasteiger partial charge in [0.05, 0.1) is 43.1 Å². The predicted molar refractivity (Wildman–Crippen MR) is 212 cm³/mol. The molecule has 2 aromatic carbocycles. The molecule has 0 radical (unpaired) electrons. The van der Waals surface area contributed by atoms with Gasteiger partial charge in [0.25, 0.3) is 0 Å². The van der Waals surface area contributed by atoms with E-state index in [0.717, 1.165) is 71.7 Å². The van der Waals surface area contributed by atoms with E-state index in [0.29, 0.717) is 42.2 Å². The number of methoxy groups -OCH3 is 2. The number of hydrogen-bond acceptors (Lipinski definition) is 10. The third-order valence-corrected chi connectivity index (χ3v) is 11.7. The van der Waals surface area contributed by atoms with Gasteiger partial charge < -0.3 is 44.8 Å². The smallest absolute Gasteiger partial charge is 0.224 e. The van der Waals surface area contributed by atoms with E-state index in [1.165, 1.54) is 0 Å². The number of amides is 1. The molecule has 1 saturated heterocycles. The van der Waals surface area contributed by atoms with Gasteiger partial charge in [0.1, 0.15) is 35.4 Å². The molecule has 7 rings (SSSR count). The van der Waals surface area contributed by atoms with Gasteiger partial charge in [-0.2, -0.15) is 0 Å². The minimum atomic E-state index is -0.658. The Morgan fingerprint density at radius 2 is 1.81 bits per heavy atom. The molecule has 3 heterocycles. The fourth-order valence-corrected chi connectivity index (χ4v) is 8.57. The first-order chi connectivity index (χ1) is 25.7. The topological polar surface area (TPSA) is 138 Å². The van der Waals surface area contributed by atoms with E-state index in [2.05, 4.69) is 65.2 Å². The maximum Gasteiger partial charge on any atom is 0.224 e. The molecule has 2 aliphatic carbocycles. The van der Waals surface area contributed by atoms with Crippen LogP contribution in [0.1, 0.15) is 83.9 Å². The van der Waals surface area contributed by atoms with E-state index < -0.39 is 5.79 Å². The van der Waals surface area contributed by atoms with Crippen LogP contribution in [-0.4, -0.2) is 77.2 Å². The Kier molecular flexibility index (Phi) is 10.6. The van der Waals surface area contributed by atoms with Crippen LogP contribution in [0.2, 0.25) is 0 Å². The normalized spacial score (nSPS) is 24.7. The van der Waals surface area contributed by atoms with Gasteiger partial charge in [-0.1, -0.05) is 26.8 Å². The molecular formula is C42H57N7O5. The van der Waals surface area contributed by atoms with E-state index in [1.807, 2.05) is 50.2 Å². The lowest BCUT2D eigenvalue weighted by Gasteiger charge is -2.42. The monoisotopic (exact) mass is 739 g/mol. The van der Waals surface area contributed by atoms with E-state index in [4.69, 9.17) is 29.7 Å². The molecule has 0 bridgehead atoms. The maximum atomic E-state index is 12.8. The number of anilines is 3. The van der Waals surface area contributed by atoms with Gasteiger partial charge in [-0.05, 0) is 93.8 Å². The lowest BCUT2D eigenvalue weighted by Crippen LogP contribution is -2.46. The molecule has 0 unspecified atom stereocenters. The average molecular weight is 740 g/mol. The lowest BCUT2D eigenvalue weighted by atomic mass is 9.76. The van der Waals surface area contributed by atoms with Crippen molar-refractivity contribution in [1.82, 2.24) is 19.4 Å². The molecule has 2 aromatic heterocycles. The van der Waals surface area contributed by atoms with Crippen LogP contribution >= 0.6 is 0 Å². The molecule has 0 spiro atoms. The number of aromatic nitrogens is 3.